The standard InChI is InChI=1S/C9H13N3OS/c1-6-8(11-5-13-6)4-10-9(14)12-7-2-3-7/h5,7H,2-4H2,1H3,(H2,10,12,14). The Morgan fingerprint density at radius 2 is 2.50 bits per heavy atom. The highest BCUT2D eigenvalue weighted by Crippen LogP contribution is 2.18. The van der Waals surface area contributed by atoms with Crippen LogP contribution in [0, 0.1) is 6.92 Å². The summed E-state index contributed by atoms with van der Waals surface area (Å²) in [5, 5.41) is 7.00. The van der Waals surface area contributed by atoms with Crippen molar-refractivity contribution in [3.8, 4) is 0 Å². The Bertz CT molecular complexity index is 333. The smallest absolute Gasteiger partial charge is 0.181 e. The predicted molar refractivity (Wildman–Crippen MR) is 56.8 cm³/mol. The van der Waals surface area contributed by atoms with Crippen molar-refractivity contribution in [3.05, 3.63) is 17.8 Å². The van der Waals surface area contributed by atoms with E-state index >= 15 is 0 Å². The molecule has 76 valence electrons. The van der Waals surface area contributed by atoms with Gasteiger partial charge in [-0.05, 0) is 32.0 Å². The molecule has 0 unspecified atom stereocenters. The summed E-state index contributed by atoms with van der Waals surface area (Å²) < 4.78 is 5.08. The number of oxazole rings is 1. The third kappa shape index (κ3) is 2.45. The first-order chi connectivity index (χ1) is 6.75. The lowest BCUT2D eigenvalue weighted by atomic mass is 10.4. The van der Waals surface area contributed by atoms with Crippen LogP contribution in [-0.4, -0.2) is 16.1 Å². The van der Waals surface area contributed by atoms with Crippen LogP contribution in [-0.2, 0) is 6.54 Å². The molecule has 1 aromatic rings. The summed E-state index contributed by atoms with van der Waals surface area (Å²) in [6.45, 7) is 2.52. The van der Waals surface area contributed by atoms with E-state index in [4.69, 9.17) is 16.6 Å². The summed E-state index contributed by atoms with van der Waals surface area (Å²) in [5.74, 6) is 0.840. The molecule has 14 heavy (non-hydrogen) atoms. The highest BCUT2D eigenvalue weighted by Gasteiger charge is 2.21. The minimum Gasteiger partial charge on any atom is -0.448 e. The van der Waals surface area contributed by atoms with E-state index in [2.05, 4.69) is 15.6 Å². The molecule has 1 aliphatic carbocycles. The SMILES string of the molecule is Cc1ocnc1CNC(=S)NC1CC1. The van der Waals surface area contributed by atoms with Crippen molar-refractivity contribution in [2.75, 3.05) is 0 Å². The molecule has 0 bridgehead atoms. The fourth-order valence-electron chi connectivity index (χ4n) is 1.13. The molecule has 1 heterocycles. The van der Waals surface area contributed by atoms with Crippen LogP contribution >= 0.6 is 12.2 Å². The molecule has 0 spiro atoms. The predicted octanol–water partition coefficient (Wildman–Crippen LogP) is 1.11. The van der Waals surface area contributed by atoms with Crippen molar-refractivity contribution >= 4 is 17.3 Å². The average molecular weight is 211 g/mol. The van der Waals surface area contributed by atoms with E-state index in [9.17, 15) is 0 Å². The van der Waals surface area contributed by atoms with Crippen LogP contribution in [0.5, 0.6) is 0 Å². The van der Waals surface area contributed by atoms with Crippen molar-refractivity contribution in [2.45, 2.75) is 32.4 Å². The number of thiocarbonyl (C=S) groups is 1. The van der Waals surface area contributed by atoms with Crippen LogP contribution in [0.3, 0.4) is 0 Å². The quantitative estimate of drug-likeness (QED) is 0.733. The van der Waals surface area contributed by atoms with Crippen molar-refractivity contribution < 1.29 is 4.42 Å². The molecule has 0 aromatic carbocycles. The van der Waals surface area contributed by atoms with Crippen molar-refractivity contribution in [3.63, 3.8) is 0 Å². The fourth-order valence-corrected chi connectivity index (χ4v) is 1.37. The minimum atomic E-state index is 0.591. The second-order valence-electron chi connectivity index (χ2n) is 3.46. The molecule has 1 aromatic heterocycles. The van der Waals surface area contributed by atoms with E-state index in [1.807, 2.05) is 6.92 Å². The van der Waals surface area contributed by atoms with Crippen molar-refractivity contribution in [2.24, 2.45) is 0 Å². The molecule has 5 heteroatoms. The topological polar surface area (TPSA) is 50.1 Å². The van der Waals surface area contributed by atoms with E-state index in [1.54, 1.807) is 0 Å². The highest BCUT2D eigenvalue weighted by molar-refractivity contribution is 7.80. The molecular weight excluding hydrogens is 198 g/mol. The Morgan fingerprint density at radius 1 is 1.71 bits per heavy atom. The van der Waals surface area contributed by atoms with Gasteiger partial charge in [-0.3, -0.25) is 0 Å². The molecule has 1 saturated carbocycles. The molecule has 4 nitrogen and oxygen atoms in total. The van der Waals surface area contributed by atoms with E-state index in [0.29, 0.717) is 17.7 Å². The highest BCUT2D eigenvalue weighted by atomic mass is 32.1. The zero-order valence-electron chi connectivity index (χ0n) is 8.04. The number of hydrogen-bond donors (Lipinski definition) is 2. The Labute approximate surface area is 88.1 Å². The van der Waals surface area contributed by atoms with Crippen LogP contribution in [0.4, 0.5) is 0 Å². The van der Waals surface area contributed by atoms with E-state index in [-0.39, 0.29) is 0 Å². The van der Waals surface area contributed by atoms with Gasteiger partial charge in [0.05, 0.1) is 6.54 Å². The lowest BCUT2D eigenvalue weighted by Crippen LogP contribution is -2.36. The van der Waals surface area contributed by atoms with Crippen LogP contribution < -0.4 is 10.6 Å². The van der Waals surface area contributed by atoms with Gasteiger partial charge in [0.1, 0.15) is 11.5 Å². The third-order valence-electron chi connectivity index (χ3n) is 2.17. The third-order valence-corrected chi connectivity index (χ3v) is 2.44. The first-order valence-electron chi connectivity index (χ1n) is 4.69. The molecule has 2 N–H and O–H groups in total. The largest absolute Gasteiger partial charge is 0.448 e. The molecule has 1 fully saturated rings. The van der Waals surface area contributed by atoms with Gasteiger partial charge in [-0.15, -0.1) is 0 Å². The lowest BCUT2D eigenvalue weighted by Gasteiger charge is -2.07. The second kappa shape index (κ2) is 3.96. The lowest BCUT2D eigenvalue weighted by molar-refractivity contribution is 0.524. The average Bonchev–Trinajstić information content (AvgIpc) is 2.86. The maximum atomic E-state index is 5.11. The first kappa shape index (κ1) is 9.45. The molecule has 0 atom stereocenters. The summed E-state index contributed by atoms with van der Waals surface area (Å²) in [5.41, 5.74) is 0.907. The number of aromatic nitrogens is 1. The summed E-state index contributed by atoms with van der Waals surface area (Å²) in [6.07, 6.45) is 3.90. The summed E-state index contributed by atoms with van der Waals surface area (Å²) in [7, 11) is 0. The molecule has 2 rings (SSSR count). The number of nitrogens with one attached hydrogen (secondary N) is 2. The Kier molecular flexibility index (Phi) is 2.67. The number of hydrogen-bond acceptors (Lipinski definition) is 3. The fraction of sp³-hybridized carbons (Fsp3) is 0.556. The summed E-state index contributed by atoms with van der Waals surface area (Å²) in [6, 6.07) is 0.591. The van der Waals surface area contributed by atoms with Crippen LogP contribution in [0.25, 0.3) is 0 Å². The molecule has 0 radical (unpaired) electrons. The number of rotatable bonds is 3. The van der Waals surface area contributed by atoms with E-state index in [0.717, 1.165) is 11.5 Å². The van der Waals surface area contributed by atoms with Crippen molar-refractivity contribution in [1.82, 2.24) is 15.6 Å². The van der Waals surface area contributed by atoms with Gasteiger partial charge in [-0.2, -0.15) is 0 Å². The summed E-state index contributed by atoms with van der Waals surface area (Å²) in [4.78, 5) is 4.07. The van der Waals surface area contributed by atoms with Crippen LogP contribution in [0.15, 0.2) is 10.8 Å². The Hall–Kier alpha value is -1.10. The Balaban J connectivity index is 1.76. The van der Waals surface area contributed by atoms with Gasteiger partial charge in [0.15, 0.2) is 11.5 Å². The van der Waals surface area contributed by atoms with E-state index < -0.39 is 0 Å². The molecule has 0 saturated heterocycles. The Morgan fingerprint density at radius 3 is 3.07 bits per heavy atom. The first-order valence-corrected chi connectivity index (χ1v) is 5.10. The van der Waals surface area contributed by atoms with Gasteiger partial charge in [0.25, 0.3) is 0 Å². The normalized spacial score (nSPS) is 15.2. The van der Waals surface area contributed by atoms with Gasteiger partial charge in [0.2, 0.25) is 0 Å². The van der Waals surface area contributed by atoms with Crippen LogP contribution in [0.1, 0.15) is 24.3 Å². The number of nitrogens with zero attached hydrogens (tertiary/aromatic N) is 1. The van der Waals surface area contributed by atoms with Gasteiger partial charge >= 0.3 is 0 Å². The van der Waals surface area contributed by atoms with E-state index in [1.165, 1.54) is 19.2 Å². The molecule has 1 aliphatic rings. The van der Waals surface area contributed by atoms with Gasteiger partial charge < -0.3 is 15.1 Å². The van der Waals surface area contributed by atoms with Crippen molar-refractivity contribution in [1.29, 1.82) is 0 Å². The zero-order chi connectivity index (χ0) is 9.97. The number of aryl methyl sites for hydroxylation is 1. The van der Waals surface area contributed by atoms with Crippen LogP contribution in [0.2, 0.25) is 0 Å². The molecular formula is C9H13N3OS. The van der Waals surface area contributed by atoms with Gasteiger partial charge in [-0.25, -0.2) is 4.98 Å². The molecule has 0 aliphatic heterocycles. The molecule has 0 amide bonds. The van der Waals surface area contributed by atoms with Gasteiger partial charge in [0, 0.05) is 6.04 Å². The maximum Gasteiger partial charge on any atom is 0.181 e. The zero-order valence-corrected chi connectivity index (χ0v) is 8.86. The minimum absolute atomic E-state index is 0.591. The van der Waals surface area contributed by atoms with Gasteiger partial charge in [-0.1, -0.05) is 0 Å². The summed E-state index contributed by atoms with van der Waals surface area (Å²) >= 11 is 5.11. The monoisotopic (exact) mass is 211 g/mol. The maximum absolute atomic E-state index is 5.11. The second-order valence-corrected chi connectivity index (χ2v) is 3.86.